The van der Waals surface area contributed by atoms with Gasteiger partial charge in [-0.25, -0.2) is 9.55 Å². The van der Waals surface area contributed by atoms with Crippen LogP contribution in [-0.4, -0.2) is 47.8 Å². The number of aliphatic hydroxyl groups excluding tert-OH is 1. The first-order valence-electron chi connectivity index (χ1n) is 10.2. The van der Waals surface area contributed by atoms with Crippen LogP contribution >= 0.6 is 0 Å². The molecule has 1 aliphatic heterocycles. The lowest BCUT2D eigenvalue weighted by molar-refractivity contribution is -0.703. The third kappa shape index (κ3) is 5.02. The average Bonchev–Trinajstić information content (AvgIpc) is 3.25. The summed E-state index contributed by atoms with van der Waals surface area (Å²) in [6.45, 7) is 3.53. The lowest BCUT2D eigenvalue weighted by Crippen LogP contribution is -2.45. The van der Waals surface area contributed by atoms with Crippen molar-refractivity contribution in [2.24, 2.45) is 0 Å². The van der Waals surface area contributed by atoms with Crippen molar-refractivity contribution in [2.75, 3.05) is 26.7 Å². The number of likely N-dealkylation sites (tertiary alicyclic amines) is 1. The van der Waals surface area contributed by atoms with Crippen molar-refractivity contribution in [3.63, 3.8) is 0 Å². The van der Waals surface area contributed by atoms with Gasteiger partial charge >= 0.3 is 0 Å². The zero-order valence-corrected chi connectivity index (χ0v) is 16.8. The Labute approximate surface area is 171 Å². The van der Waals surface area contributed by atoms with Crippen molar-refractivity contribution in [3.05, 3.63) is 55.0 Å². The first kappa shape index (κ1) is 19.6. The second kappa shape index (κ2) is 9.20. The summed E-state index contributed by atoms with van der Waals surface area (Å²) < 4.78 is 13.1. The Bertz CT molecular complexity index is 900. The van der Waals surface area contributed by atoms with Gasteiger partial charge in [0.25, 0.3) is 0 Å². The number of oxazole rings is 1. The Morgan fingerprint density at radius 2 is 1.79 bits per heavy atom. The number of hydrogen-bond acceptors (Lipinski definition) is 5. The molecule has 152 valence electrons. The molecule has 29 heavy (non-hydrogen) atoms. The molecule has 0 saturated carbocycles. The molecule has 1 aliphatic rings. The summed E-state index contributed by atoms with van der Waals surface area (Å²) in [6, 6.07) is 11.6. The Balaban J connectivity index is 1.38. The molecule has 3 heterocycles. The molecular weight excluding hydrogens is 366 g/mol. The number of methoxy groups -OCH3 is 1. The van der Waals surface area contributed by atoms with E-state index in [1.54, 1.807) is 13.3 Å². The zero-order chi connectivity index (χ0) is 20.1. The van der Waals surface area contributed by atoms with E-state index in [1.807, 2.05) is 53.4 Å². The molecule has 1 fully saturated rings. The number of nitrogens with zero attached hydrogens (tertiary/aromatic N) is 3. The predicted octanol–water partition coefficient (Wildman–Crippen LogP) is 3.15. The molecule has 1 N–H and O–H groups in total. The second-order valence-electron chi connectivity index (χ2n) is 7.56. The van der Waals surface area contributed by atoms with Crippen LogP contribution in [0, 0.1) is 0 Å². The maximum atomic E-state index is 10.4. The maximum absolute atomic E-state index is 10.4. The topological polar surface area (TPSA) is 62.6 Å². The van der Waals surface area contributed by atoms with E-state index >= 15 is 0 Å². The largest absolute Gasteiger partial charge is 0.497 e. The highest BCUT2D eigenvalue weighted by Crippen LogP contribution is 2.26. The lowest BCUT2D eigenvalue weighted by Gasteiger charge is -2.27. The highest BCUT2D eigenvalue weighted by Gasteiger charge is 2.18. The summed E-state index contributed by atoms with van der Waals surface area (Å²) in [5, 5.41) is 10.4. The summed E-state index contributed by atoms with van der Waals surface area (Å²) >= 11 is 0. The molecule has 1 saturated heterocycles. The van der Waals surface area contributed by atoms with E-state index in [-0.39, 0.29) is 6.10 Å². The fourth-order valence-corrected chi connectivity index (χ4v) is 3.76. The smallest absolute Gasteiger partial charge is 0.226 e. The van der Waals surface area contributed by atoms with Gasteiger partial charge in [-0.3, -0.25) is 0 Å². The number of benzene rings is 1. The first-order valence-corrected chi connectivity index (χ1v) is 10.2. The fraction of sp³-hybridized carbons (Fsp3) is 0.391. The third-order valence-electron chi connectivity index (χ3n) is 5.36. The number of aliphatic hydroxyl groups is 1. The van der Waals surface area contributed by atoms with E-state index in [0.717, 1.165) is 42.3 Å². The molecule has 6 heteroatoms. The molecule has 4 rings (SSSR count). The molecule has 6 nitrogen and oxygen atoms in total. The van der Waals surface area contributed by atoms with Gasteiger partial charge in [-0.05, 0) is 50.2 Å². The van der Waals surface area contributed by atoms with Crippen LogP contribution in [0.4, 0.5) is 0 Å². The van der Waals surface area contributed by atoms with E-state index < -0.39 is 0 Å². The highest BCUT2D eigenvalue weighted by molar-refractivity contribution is 5.60. The second-order valence-corrected chi connectivity index (χ2v) is 7.56. The normalized spacial score (nSPS) is 15.9. The van der Waals surface area contributed by atoms with E-state index in [9.17, 15) is 5.11 Å². The third-order valence-corrected chi connectivity index (χ3v) is 5.36. The van der Waals surface area contributed by atoms with Crippen LogP contribution in [-0.2, 0) is 6.54 Å². The van der Waals surface area contributed by atoms with Gasteiger partial charge in [0.05, 0.1) is 13.3 Å². The number of piperidine rings is 1. The minimum atomic E-state index is -0.365. The van der Waals surface area contributed by atoms with Crippen molar-refractivity contribution >= 4 is 0 Å². The highest BCUT2D eigenvalue weighted by atomic mass is 16.5. The van der Waals surface area contributed by atoms with Gasteiger partial charge in [-0.1, -0.05) is 6.42 Å². The minimum absolute atomic E-state index is 0.365. The molecule has 0 bridgehead atoms. The molecule has 1 unspecified atom stereocenters. The number of hydrogen-bond donors (Lipinski definition) is 1. The molecule has 0 spiro atoms. The standard InChI is InChI=1S/C23H28N3O3/c1-28-21-7-5-19(6-8-21)23-24-15-22(29-23)18-9-13-26(14-10-18)17-20(27)16-25-11-3-2-4-12-25/h5-10,13-15,20,27H,2-4,11-12,16-17H2,1H3/q+1. The Kier molecular flexibility index (Phi) is 6.22. The number of ether oxygens (including phenoxy) is 1. The number of aromatic nitrogens is 2. The van der Waals surface area contributed by atoms with Gasteiger partial charge in [-0.15, -0.1) is 0 Å². The van der Waals surface area contributed by atoms with Gasteiger partial charge < -0.3 is 19.2 Å². The Morgan fingerprint density at radius 1 is 1.07 bits per heavy atom. The molecule has 0 aliphatic carbocycles. The fourth-order valence-electron chi connectivity index (χ4n) is 3.76. The molecule has 2 aromatic heterocycles. The zero-order valence-electron chi connectivity index (χ0n) is 16.8. The molecule has 1 atom stereocenters. The molecule has 0 amide bonds. The average molecular weight is 394 g/mol. The summed E-state index contributed by atoms with van der Waals surface area (Å²) in [5.74, 6) is 2.10. The number of pyridine rings is 1. The van der Waals surface area contributed by atoms with Crippen LogP contribution in [0.5, 0.6) is 5.75 Å². The SMILES string of the molecule is COc1ccc(-c2ncc(-c3cc[n+](CC(O)CN4CCCCC4)cc3)o2)cc1. The van der Waals surface area contributed by atoms with Crippen LogP contribution in [0.25, 0.3) is 22.8 Å². The first-order chi connectivity index (χ1) is 14.2. The van der Waals surface area contributed by atoms with Gasteiger partial charge in [0.1, 0.15) is 11.9 Å². The number of rotatable bonds is 7. The molecule has 1 aromatic carbocycles. The van der Waals surface area contributed by atoms with Crippen LogP contribution < -0.4 is 9.30 Å². The quantitative estimate of drug-likeness (QED) is 0.624. The summed E-state index contributed by atoms with van der Waals surface area (Å²) in [5.41, 5.74) is 1.86. The minimum Gasteiger partial charge on any atom is -0.497 e. The Hall–Kier alpha value is -2.70. The van der Waals surface area contributed by atoms with Gasteiger partial charge in [0.15, 0.2) is 24.7 Å². The molecular formula is C23H28N3O3+. The van der Waals surface area contributed by atoms with Gasteiger partial charge in [0.2, 0.25) is 5.89 Å². The lowest BCUT2D eigenvalue weighted by atomic mass is 10.1. The summed E-state index contributed by atoms with van der Waals surface area (Å²) in [6.07, 6.45) is 9.12. The van der Waals surface area contributed by atoms with Crippen LogP contribution in [0.2, 0.25) is 0 Å². The van der Waals surface area contributed by atoms with Gasteiger partial charge in [-0.2, -0.15) is 0 Å². The van der Waals surface area contributed by atoms with Gasteiger partial charge in [0, 0.05) is 29.8 Å². The molecule has 0 radical (unpaired) electrons. The van der Waals surface area contributed by atoms with Crippen molar-refractivity contribution in [2.45, 2.75) is 31.9 Å². The summed E-state index contributed by atoms with van der Waals surface area (Å²) in [4.78, 5) is 6.75. The van der Waals surface area contributed by atoms with E-state index in [1.165, 1.54) is 19.3 Å². The van der Waals surface area contributed by atoms with Crippen molar-refractivity contribution in [1.29, 1.82) is 0 Å². The maximum Gasteiger partial charge on any atom is 0.226 e. The van der Waals surface area contributed by atoms with E-state index in [2.05, 4.69) is 9.88 Å². The van der Waals surface area contributed by atoms with E-state index in [0.29, 0.717) is 12.4 Å². The van der Waals surface area contributed by atoms with Crippen molar-refractivity contribution in [1.82, 2.24) is 9.88 Å². The van der Waals surface area contributed by atoms with Crippen LogP contribution in [0.3, 0.4) is 0 Å². The van der Waals surface area contributed by atoms with Crippen molar-refractivity contribution in [3.8, 4) is 28.5 Å². The number of β-amino-alcohol motifs (C(OH)–C–C–N with tert-alkyl or cyclic N) is 1. The summed E-state index contributed by atoms with van der Waals surface area (Å²) in [7, 11) is 1.65. The van der Waals surface area contributed by atoms with Crippen molar-refractivity contribution < 1.29 is 18.8 Å². The molecule has 3 aromatic rings. The van der Waals surface area contributed by atoms with Crippen LogP contribution in [0.1, 0.15) is 19.3 Å². The Morgan fingerprint density at radius 3 is 2.48 bits per heavy atom. The predicted molar refractivity (Wildman–Crippen MR) is 110 cm³/mol. The monoisotopic (exact) mass is 394 g/mol. The van der Waals surface area contributed by atoms with E-state index in [4.69, 9.17) is 9.15 Å². The van der Waals surface area contributed by atoms with Crippen LogP contribution in [0.15, 0.2) is 59.4 Å².